The molecule has 0 fully saturated rings. The van der Waals surface area contributed by atoms with Gasteiger partial charge in [-0.25, -0.2) is 4.79 Å². The van der Waals surface area contributed by atoms with Crippen molar-refractivity contribution in [2.75, 3.05) is 0 Å². The number of halogens is 2. The number of esters is 1. The summed E-state index contributed by atoms with van der Waals surface area (Å²) in [7, 11) is 0. The van der Waals surface area contributed by atoms with Crippen molar-refractivity contribution in [3.8, 4) is 11.5 Å². The molecule has 0 atom stereocenters. The molecule has 2 aromatic rings. The average molecular weight is 353 g/mol. The van der Waals surface area contributed by atoms with Gasteiger partial charge in [0.05, 0.1) is 0 Å². The Balaban J connectivity index is 1.87. The van der Waals surface area contributed by atoms with E-state index in [9.17, 15) is 4.79 Å². The highest BCUT2D eigenvalue weighted by molar-refractivity contribution is 6.35. The van der Waals surface area contributed by atoms with Gasteiger partial charge < -0.3 is 14.2 Å². The van der Waals surface area contributed by atoms with E-state index in [2.05, 4.69) is 0 Å². The van der Waals surface area contributed by atoms with Gasteiger partial charge in [0.25, 0.3) is 0 Å². The summed E-state index contributed by atoms with van der Waals surface area (Å²) in [5.74, 6) is -0.648. The fourth-order valence-electron chi connectivity index (χ4n) is 2.23. The number of carbonyl (C=O) groups excluding carboxylic acids is 1. The number of cyclic esters (lactones) is 1. The first-order valence-corrected chi connectivity index (χ1v) is 7.73. The van der Waals surface area contributed by atoms with Crippen LogP contribution in [0, 0.1) is 0 Å². The summed E-state index contributed by atoms with van der Waals surface area (Å²) >= 11 is 12.0. The minimum atomic E-state index is -1.04. The highest BCUT2D eigenvalue weighted by Crippen LogP contribution is 2.39. The first-order chi connectivity index (χ1) is 10.9. The van der Waals surface area contributed by atoms with Gasteiger partial charge in [0, 0.05) is 29.5 Å². The SMILES string of the molecule is CC1(C)OC(=O)c2cccc(OCc3ccc(Cl)cc3Cl)c2O1. The van der Waals surface area contributed by atoms with Crippen molar-refractivity contribution in [2.45, 2.75) is 26.2 Å². The monoisotopic (exact) mass is 352 g/mol. The number of ether oxygens (including phenoxy) is 3. The predicted molar refractivity (Wildman–Crippen MR) is 87.4 cm³/mol. The number of benzene rings is 2. The molecule has 0 unspecified atom stereocenters. The normalized spacial score (nSPS) is 15.4. The van der Waals surface area contributed by atoms with Crippen LogP contribution in [0.1, 0.15) is 29.8 Å². The van der Waals surface area contributed by atoms with Crippen LogP contribution in [0.2, 0.25) is 10.0 Å². The Morgan fingerprint density at radius 1 is 1.13 bits per heavy atom. The maximum Gasteiger partial charge on any atom is 0.345 e. The van der Waals surface area contributed by atoms with E-state index < -0.39 is 11.8 Å². The largest absolute Gasteiger partial charge is 0.485 e. The lowest BCUT2D eigenvalue weighted by Crippen LogP contribution is -2.39. The van der Waals surface area contributed by atoms with Gasteiger partial charge in [0.1, 0.15) is 12.2 Å². The van der Waals surface area contributed by atoms with Gasteiger partial charge >= 0.3 is 5.97 Å². The van der Waals surface area contributed by atoms with Gasteiger partial charge in [-0.15, -0.1) is 0 Å². The van der Waals surface area contributed by atoms with Crippen LogP contribution in [0.4, 0.5) is 0 Å². The van der Waals surface area contributed by atoms with Crippen LogP contribution in [0.25, 0.3) is 0 Å². The lowest BCUT2D eigenvalue weighted by Gasteiger charge is -2.32. The van der Waals surface area contributed by atoms with E-state index >= 15 is 0 Å². The Kier molecular flexibility index (Phi) is 4.13. The van der Waals surface area contributed by atoms with Crippen LogP contribution < -0.4 is 9.47 Å². The zero-order valence-corrected chi connectivity index (χ0v) is 14.1. The van der Waals surface area contributed by atoms with Crippen LogP contribution in [0.3, 0.4) is 0 Å². The third-order valence-electron chi connectivity index (χ3n) is 3.28. The molecule has 0 N–H and O–H groups in total. The van der Waals surface area contributed by atoms with Crippen molar-refractivity contribution in [1.29, 1.82) is 0 Å². The summed E-state index contributed by atoms with van der Waals surface area (Å²) in [4.78, 5) is 12.0. The van der Waals surface area contributed by atoms with Gasteiger partial charge in [-0.1, -0.05) is 35.3 Å². The van der Waals surface area contributed by atoms with Crippen molar-refractivity contribution in [3.63, 3.8) is 0 Å². The predicted octanol–water partition coefficient (Wildman–Crippen LogP) is 4.86. The molecule has 0 aromatic heterocycles. The van der Waals surface area contributed by atoms with Gasteiger partial charge in [-0.2, -0.15) is 0 Å². The van der Waals surface area contributed by atoms with E-state index in [1.54, 1.807) is 50.2 Å². The molecule has 0 aliphatic carbocycles. The maximum absolute atomic E-state index is 12.0. The molecule has 0 saturated carbocycles. The zero-order chi connectivity index (χ0) is 16.6. The molecule has 120 valence electrons. The van der Waals surface area contributed by atoms with Crippen molar-refractivity contribution in [2.24, 2.45) is 0 Å². The van der Waals surface area contributed by atoms with Crippen LogP contribution in [0.5, 0.6) is 11.5 Å². The first-order valence-electron chi connectivity index (χ1n) is 6.98. The molecule has 2 aromatic carbocycles. The zero-order valence-electron chi connectivity index (χ0n) is 12.6. The Morgan fingerprint density at radius 2 is 1.91 bits per heavy atom. The minimum Gasteiger partial charge on any atom is -0.485 e. The third-order valence-corrected chi connectivity index (χ3v) is 3.87. The second kappa shape index (κ2) is 5.95. The molecule has 0 radical (unpaired) electrons. The number of para-hydroxylation sites is 1. The van der Waals surface area contributed by atoms with E-state index in [1.165, 1.54) is 0 Å². The lowest BCUT2D eigenvalue weighted by molar-refractivity contribution is -0.128. The number of hydrogen-bond acceptors (Lipinski definition) is 4. The highest BCUT2D eigenvalue weighted by Gasteiger charge is 2.35. The van der Waals surface area contributed by atoms with Gasteiger partial charge in [0.2, 0.25) is 5.79 Å². The molecule has 3 rings (SSSR count). The van der Waals surface area contributed by atoms with Crippen LogP contribution in [-0.2, 0) is 11.3 Å². The van der Waals surface area contributed by atoms with E-state index in [1.807, 2.05) is 0 Å². The van der Waals surface area contributed by atoms with Crippen molar-refractivity contribution in [3.05, 3.63) is 57.6 Å². The van der Waals surface area contributed by atoms with Crippen LogP contribution >= 0.6 is 23.2 Å². The standard InChI is InChI=1S/C17H14Cl2O4/c1-17(2)22-15-12(16(20)23-17)4-3-5-14(15)21-9-10-6-7-11(18)8-13(10)19/h3-8H,9H2,1-2H3. The van der Waals surface area contributed by atoms with E-state index in [4.69, 9.17) is 37.4 Å². The summed E-state index contributed by atoms with van der Waals surface area (Å²) in [5, 5.41) is 1.08. The van der Waals surface area contributed by atoms with Crippen LogP contribution in [0.15, 0.2) is 36.4 Å². The molecular formula is C17H14Cl2O4. The average Bonchev–Trinajstić information content (AvgIpc) is 2.45. The molecule has 6 heteroatoms. The Morgan fingerprint density at radius 3 is 2.65 bits per heavy atom. The molecule has 1 aliphatic rings. The second-order valence-corrected chi connectivity index (χ2v) is 6.39. The summed E-state index contributed by atoms with van der Waals surface area (Å²) < 4.78 is 16.7. The summed E-state index contributed by atoms with van der Waals surface area (Å²) in [6.07, 6.45) is 0. The molecule has 4 nitrogen and oxygen atoms in total. The molecule has 23 heavy (non-hydrogen) atoms. The Hall–Kier alpha value is -1.91. The first kappa shape index (κ1) is 16.0. The smallest absolute Gasteiger partial charge is 0.345 e. The van der Waals surface area contributed by atoms with Gasteiger partial charge in [0.15, 0.2) is 11.5 Å². The van der Waals surface area contributed by atoms with E-state index in [-0.39, 0.29) is 6.61 Å². The molecule has 0 amide bonds. The maximum atomic E-state index is 12.0. The summed E-state index contributed by atoms with van der Waals surface area (Å²) in [6.45, 7) is 3.56. The van der Waals surface area contributed by atoms with Crippen LogP contribution in [-0.4, -0.2) is 11.8 Å². The number of hydrogen-bond donors (Lipinski definition) is 0. The Bertz CT molecular complexity index is 771. The fourth-order valence-corrected chi connectivity index (χ4v) is 2.70. The molecule has 0 spiro atoms. The number of fused-ring (bicyclic) bond motifs is 1. The second-order valence-electron chi connectivity index (χ2n) is 5.55. The summed E-state index contributed by atoms with van der Waals surface area (Å²) in [5.41, 5.74) is 1.12. The third kappa shape index (κ3) is 3.38. The lowest BCUT2D eigenvalue weighted by atomic mass is 10.1. The minimum absolute atomic E-state index is 0.227. The molecular weight excluding hydrogens is 339 g/mol. The van der Waals surface area contributed by atoms with Crippen molar-refractivity contribution < 1.29 is 19.0 Å². The molecule has 0 saturated heterocycles. The van der Waals surface area contributed by atoms with E-state index in [0.29, 0.717) is 27.1 Å². The fraction of sp³-hybridized carbons (Fsp3) is 0.235. The Labute approximate surface area is 143 Å². The van der Waals surface area contributed by atoms with Crippen molar-refractivity contribution in [1.82, 2.24) is 0 Å². The topological polar surface area (TPSA) is 44.8 Å². The summed E-state index contributed by atoms with van der Waals surface area (Å²) in [6, 6.07) is 10.3. The van der Waals surface area contributed by atoms with Gasteiger partial charge in [-0.3, -0.25) is 0 Å². The quantitative estimate of drug-likeness (QED) is 0.740. The molecule has 1 heterocycles. The van der Waals surface area contributed by atoms with Crippen molar-refractivity contribution >= 4 is 29.2 Å². The molecule has 1 aliphatic heterocycles. The number of rotatable bonds is 3. The molecule has 0 bridgehead atoms. The van der Waals surface area contributed by atoms with Gasteiger partial charge in [-0.05, 0) is 24.3 Å². The number of carbonyl (C=O) groups is 1. The highest BCUT2D eigenvalue weighted by atomic mass is 35.5. The van der Waals surface area contributed by atoms with E-state index in [0.717, 1.165) is 5.56 Å².